The van der Waals surface area contributed by atoms with E-state index < -0.39 is 10.8 Å². The molecule has 0 spiro atoms. The quantitative estimate of drug-likeness (QED) is 0.583. The van der Waals surface area contributed by atoms with Crippen molar-refractivity contribution in [2.24, 2.45) is 5.73 Å². The molecule has 0 saturated heterocycles. The molecular formula is C9H13N3O3S. The minimum absolute atomic E-state index is 0.0374. The van der Waals surface area contributed by atoms with Crippen molar-refractivity contribution in [2.45, 2.75) is 5.75 Å². The molecule has 1 aromatic heterocycles. The zero-order valence-electron chi connectivity index (χ0n) is 9.02. The molecule has 0 aliphatic heterocycles. The zero-order valence-corrected chi connectivity index (χ0v) is 9.84. The number of hydrogen-bond donors (Lipinski definition) is 2. The number of aromatic nitrogens is 1. The van der Waals surface area contributed by atoms with Crippen LogP contribution in [0, 0.1) is 5.41 Å². The van der Waals surface area contributed by atoms with Crippen molar-refractivity contribution in [3.05, 3.63) is 18.0 Å². The van der Waals surface area contributed by atoms with Crippen LogP contribution in [0.2, 0.25) is 0 Å². The predicted molar refractivity (Wildman–Crippen MR) is 61.1 cm³/mol. The lowest BCUT2D eigenvalue weighted by molar-refractivity contribution is 0.350. The normalized spacial score (nSPS) is 11.9. The molecule has 0 aromatic carbocycles. The maximum absolute atomic E-state index is 11.4. The highest BCUT2D eigenvalue weighted by Gasteiger charge is 2.14. The Labute approximate surface area is 95.7 Å². The third-order valence-electron chi connectivity index (χ3n) is 1.88. The number of methoxy groups -OCH3 is 2. The van der Waals surface area contributed by atoms with Crippen molar-refractivity contribution in [3.8, 4) is 11.5 Å². The first-order chi connectivity index (χ1) is 7.60. The maximum Gasteiger partial charge on any atom is 0.183 e. The third kappa shape index (κ3) is 2.69. The summed E-state index contributed by atoms with van der Waals surface area (Å²) in [5, 5.41) is 6.67. The van der Waals surface area contributed by atoms with Crippen LogP contribution in [0.4, 0.5) is 0 Å². The van der Waals surface area contributed by atoms with Gasteiger partial charge in [-0.05, 0) is 0 Å². The summed E-state index contributed by atoms with van der Waals surface area (Å²) in [6.07, 6.45) is 1.52. The molecule has 0 aliphatic rings. The molecule has 0 radical (unpaired) electrons. The van der Waals surface area contributed by atoms with E-state index in [9.17, 15) is 4.21 Å². The van der Waals surface area contributed by atoms with E-state index in [1.165, 1.54) is 20.4 Å². The third-order valence-corrected chi connectivity index (χ3v) is 2.91. The van der Waals surface area contributed by atoms with Crippen molar-refractivity contribution < 1.29 is 13.7 Å². The highest BCUT2D eigenvalue weighted by molar-refractivity contribution is 7.99. The van der Waals surface area contributed by atoms with Gasteiger partial charge in [0, 0.05) is 12.3 Å². The van der Waals surface area contributed by atoms with Crippen LogP contribution >= 0.6 is 0 Å². The average molecular weight is 243 g/mol. The monoisotopic (exact) mass is 243 g/mol. The zero-order chi connectivity index (χ0) is 12.1. The summed E-state index contributed by atoms with van der Waals surface area (Å²) in [5.74, 6) is 0.961. The molecule has 7 heteroatoms. The van der Waals surface area contributed by atoms with Crippen LogP contribution in [-0.4, -0.2) is 28.6 Å². The molecule has 1 heterocycles. The standard InChI is InChI=1S/C9H13N3O3S/c1-14-7-3-4-12-6(8(7)15-2)5-16(13)9(10)11/h3-4H,5H2,1-2H3,(H3,10,11)/t16-/m1/s1. The van der Waals surface area contributed by atoms with Crippen LogP contribution in [0.5, 0.6) is 11.5 Å². The second-order valence-electron chi connectivity index (χ2n) is 2.85. The smallest absolute Gasteiger partial charge is 0.183 e. The van der Waals surface area contributed by atoms with E-state index in [-0.39, 0.29) is 10.9 Å². The topological polar surface area (TPSA) is 98.3 Å². The Hall–Kier alpha value is -1.63. The SMILES string of the molecule is COc1ccnc(C[S@@](=O)C(=N)N)c1OC. The Morgan fingerprint density at radius 2 is 2.25 bits per heavy atom. The second-order valence-corrected chi connectivity index (χ2v) is 4.27. The summed E-state index contributed by atoms with van der Waals surface area (Å²) in [7, 11) is 1.39. The second kappa shape index (κ2) is 5.45. The molecule has 88 valence electrons. The van der Waals surface area contributed by atoms with Crippen LogP contribution in [0.25, 0.3) is 0 Å². The molecule has 1 rings (SSSR count). The molecule has 0 unspecified atom stereocenters. The van der Waals surface area contributed by atoms with E-state index in [2.05, 4.69) is 4.98 Å². The lowest BCUT2D eigenvalue weighted by Crippen LogP contribution is -2.18. The first kappa shape index (κ1) is 12.4. The van der Waals surface area contributed by atoms with Crippen molar-refractivity contribution in [1.29, 1.82) is 5.41 Å². The minimum atomic E-state index is -1.58. The molecule has 0 amide bonds. The summed E-state index contributed by atoms with van der Waals surface area (Å²) < 4.78 is 21.6. The van der Waals surface area contributed by atoms with Gasteiger partial charge in [-0.3, -0.25) is 14.6 Å². The Kier molecular flexibility index (Phi) is 4.24. The van der Waals surface area contributed by atoms with Crippen molar-refractivity contribution in [3.63, 3.8) is 0 Å². The van der Waals surface area contributed by atoms with Crippen molar-refractivity contribution in [1.82, 2.24) is 4.98 Å². The molecule has 0 saturated carbocycles. The molecule has 16 heavy (non-hydrogen) atoms. The van der Waals surface area contributed by atoms with Gasteiger partial charge >= 0.3 is 0 Å². The fraction of sp³-hybridized carbons (Fsp3) is 0.333. The van der Waals surface area contributed by atoms with E-state index in [0.717, 1.165) is 0 Å². The van der Waals surface area contributed by atoms with Crippen LogP contribution in [-0.2, 0) is 16.6 Å². The van der Waals surface area contributed by atoms with Gasteiger partial charge in [-0.15, -0.1) is 0 Å². The number of nitrogens with one attached hydrogen (secondary N) is 1. The average Bonchev–Trinajstić information content (AvgIpc) is 2.28. The van der Waals surface area contributed by atoms with Crippen molar-refractivity contribution in [2.75, 3.05) is 14.2 Å². The molecule has 1 aromatic rings. The predicted octanol–water partition coefficient (Wildman–Crippen LogP) is 0.241. The molecule has 0 aliphatic carbocycles. The number of pyridine rings is 1. The summed E-state index contributed by atoms with van der Waals surface area (Å²) >= 11 is 0. The van der Waals surface area contributed by atoms with Gasteiger partial charge in [-0.2, -0.15) is 0 Å². The van der Waals surface area contributed by atoms with Gasteiger partial charge in [0.25, 0.3) is 0 Å². The lowest BCUT2D eigenvalue weighted by Gasteiger charge is -2.10. The molecule has 0 bridgehead atoms. The highest BCUT2D eigenvalue weighted by atomic mass is 32.2. The molecule has 0 fully saturated rings. The Morgan fingerprint density at radius 3 is 2.75 bits per heavy atom. The van der Waals surface area contributed by atoms with Gasteiger partial charge in [-0.1, -0.05) is 0 Å². The molecule has 6 nitrogen and oxygen atoms in total. The van der Waals surface area contributed by atoms with Gasteiger partial charge in [-0.25, -0.2) is 0 Å². The summed E-state index contributed by atoms with van der Waals surface area (Å²) in [5.41, 5.74) is 5.58. The van der Waals surface area contributed by atoms with E-state index in [4.69, 9.17) is 20.6 Å². The number of rotatable bonds is 4. The molecular weight excluding hydrogens is 230 g/mol. The first-order valence-corrected chi connectivity index (χ1v) is 5.70. The number of hydrogen-bond acceptors (Lipinski definition) is 5. The Morgan fingerprint density at radius 1 is 1.56 bits per heavy atom. The Balaban J connectivity index is 3.04. The van der Waals surface area contributed by atoms with Gasteiger partial charge in [0.05, 0.1) is 36.5 Å². The molecule has 1 atom stereocenters. The fourth-order valence-corrected chi connectivity index (χ4v) is 1.76. The van der Waals surface area contributed by atoms with Gasteiger partial charge in [0.2, 0.25) is 0 Å². The first-order valence-electron chi connectivity index (χ1n) is 4.38. The highest BCUT2D eigenvalue weighted by Crippen LogP contribution is 2.29. The van der Waals surface area contributed by atoms with Crippen LogP contribution < -0.4 is 15.2 Å². The molecule has 3 N–H and O–H groups in total. The number of nitrogens with two attached hydrogens (primary N) is 1. The number of ether oxygens (including phenoxy) is 2. The van der Waals surface area contributed by atoms with Crippen LogP contribution in [0.1, 0.15) is 5.69 Å². The number of amidine groups is 1. The minimum Gasteiger partial charge on any atom is -0.493 e. The van der Waals surface area contributed by atoms with Gasteiger partial charge in [0.1, 0.15) is 0 Å². The van der Waals surface area contributed by atoms with E-state index >= 15 is 0 Å². The van der Waals surface area contributed by atoms with E-state index in [1.807, 2.05) is 0 Å². The maximum atomic E-state index is 11.4. The lowest BCUT2D eigenvalue weighted by atomic mass is 10.3. The Bertz CT molecular complexity index is 422. The summed E-state index contributed by atoms with van der Waals surface area (Å²) in [6.45, 7) is 0. The van der Waals surface area contributed by atoms with Gasteiger partial charge in [0.15, 0.2) is 16.7 Å². The van der Waals surface area contributed by atoms with Crippen molar-refractivity contribution >= 4 is 16.0 Å². The largest absolute Gasteiger partial charge is 0.493 e. The number of nitrogens with zero attached hydrogens (tertiary/aromatic N) is 1. The summed E-state index contributed by atoms with van der Waals surface area (Å²) in [6, 6.07) is 1.64. The fourth-order valence-electron chi connectivity index (χ4n) is 1.16. The van der Waals surface area contributed by atoms with E-state index in [1.54, 1.807) is 6.07 Å². The van der Waals surface area contributed by atoms with Crippen LogP contribution in [0.3, 0.4) is 0 Å². The summed E-state index contributed by atoms with van der Waals surface area (Å²) in [4.78, 5) is 4.03. The van der Waals surface area contributed by atoms with Gasteiger partial charge < -0.3 is 15.2 Å². The van der Waals surface area contributed by atoms with E-state index in [0.29, 0.717) is 17.2 Å². The van der Waals surface area contributed by atoms with Crippen LogP contribution in [0.15, 0.2) is 12.3 Å².